The molecule has 1 N–H and O–H groups in total. The molecule has 0 radical (unpaired) electrons. The zero-order valence-electron chi connectivity index (χ0n) is 11.2. The van der Waals surface area contributed by atoms with Gasteiger partial charge in [0.25, 0.3) is 0 Å². The normalized spacial score (nSPS) is 13.7. The van der Waals surface area contributed by atoms with Crippen molar-refractivity contribution in [3.8, 4) is 6.07 Å². The molecule has 0 aliphatic heterocycles. The van der Waals surface area contributed by atoms with E-state index in [4.69, 9.17) is 5.26 Å². The number of nitrogens with one attached hydrogen (secondary N) is 1. The van der Waals surface area contributed by atoms with E-state index >= 15 is 0 Å². The third-order valence-electron chi connectivity index (χ3n) is 3.03. The van der Waals surface area contributed by atoms with Crippen molar-refractivity contribution in [1.29, 1.82) is 5.26 Å². The van der Waals surface area contributed by atoms with Crippen LogP contribution in [0.25, 0.3) is 0 Å². The molecule has 98 valence electrons. The molecule has 0 fully saturated rings. The highest BCUT2D eigenvalue weighted by Gasteiger charge is 2.22. The third-order valence-corrected chi connectivity index (χ3v) is 3.03. The van der Waals surface area contributed by atoms with Gasteiger partial charge in [0, 0.05) is 19.3 Å². The molecule has 1 rings (SSSR count). The Hall–Kier alpha value is -1.60. The molecule has 4 heteroatoms. The van der Waals surface area contributed by atoms with Crippen molar-refractivity contribution in [2.45, 2.75) is 25.8 Å². The summed E-state index contributed by atoms with van der Waals surface area (Å²) in [5.74, 6) is -0.235. The lowest BCUT2D eigenvalue weighted by molar-refractivity contribution is 0.432. The Bertz CT molecular complexity index is 410. The lowest BCUT2D eigenvalue weighted by Crippen LogP contribution is -2.43. The number of halogens is 1. The number of benzene rings is 1. The Morgan fingerprint density at radius 2 is 2.00 bits per heavy atom. The fourth-order valence-electron chi connectivity index (χ4n) is 1.79. The molecule has 0 bridgehead atoms. The van der Waals surface area contributed by atoms with E-state index in [0.717, 1.165) is 18.8 Å². The van der Waals surface area contributed by atoms with Crippen LogP contribution in [0.5, 0.6) is 0 Å². The van der Waals surface area contributed by atoms with Crippen molar-refractivity contribution in [1.82, 2.24) is 5.32 Å². The minimum atomic E-state index is -0.511. The summed E-state index contributed by atoms with van der Waals surface area (Å²) in [6.45, 7) is 5.39. The molecule has 0 saturated carbocycles. The van der Waals surface area contributed by atoms with Gasteiger partial charge in [-0.1, -0.05) is 6.92 Å². The summed E-state index contributed by atoms with van der Waals surface area (Å²) in [4.78, 5) is 2.02. The molecule has 0 aromatic heterocycles. The molecule has 1 atom stereocenters. The van der Waals surface area contributed by atoms with E-state index in [1.54, 1.807) is 12.1 Å². The van der Waals surface area contributed by atoms with Gasteiger partial charge >= 0.3 is 0 Å². The largest absolute Gasteiger partial charge is 0.374 e. The SMILES string of the molecule is CCNC(C)(C#N)CCN(C)c1ccc(F)cc1. The van der Waals surface area contributed by atoms with E-state index in [2.05, 4.69) is 11.4 Å². The molecule has 1 aromatic rings. The maximum Gasteiger partial charge on any atom is 0.123 e. The lowest BCUT2D eigenvalue weighted by atomic mass is 9.99. The predicted octanol–water partition coefficient (Wildman–Crippen LogP) is 2.54. The molecular weight excluding hydrogens is 229 g/mol. The summed E-state index contributed by atoms with van der Waals surface area (Å²) >= 11 is 0. The zero-order valence-corrected chi connectivity index (χ0v) is 11.2. The number of nitrogens with zero attached hydrogens (tertiary/aromatic N) is 2. The van der Waals surface area contributed by atoms with Crippen LogP contribution in [0.1, 0.15) is 20.3 Å². The van der Waals surface area contributed by atoms with Crippen LogP contribution in [0.15, 0.2) is 24.3 Å². The second-order valence-electron chi connectivity index (χ2n) is 4.62. The van der Waals surface area contributed by atoms with Gasteiger partial charge in [0.05, 0.1) is 6.07 Å². The van der Waals surface area contributed by atoms with E-state index in [9.17, 15) is 4.39 Å². The first kappa shape index (κ1) is 14.5. The van der Waals surface area contributed by atoms with Gasteiger partial charge in [0.15, 0.2) is 0 Å². The molecule has 3 nitrogen and oxygen atoms in total. The molecule has 0 saturated heterocycles. The molecule has 0 spiro atoms. The van der Waals surface area contributed by atoms with Crippen molar-refractivity contribution in [3.63, 3.8) is 0 Å². The molecule has 0 aliphatic carbocycles. The van der Waals surface area contributed by atoms with Gasteiger partial charge in [-0.2, -0.15) is 5.26 Å². The van der Waals surface area contributed by atoms with Crippen LogP contribution in [-0.4, -0.2) is 25.7 Å². The van der Waals surface area contributed by atoms with Crippen LogP contribution in [-0.2, 0) is 0 Å². The Morgan fingerprint density at radius 3 is 2.50 bits per heavy atom. The van der Waals surface area contributed by atoms with E-state index < -0.39 is 5.54 Å². The summed E-state index contributed by atoms with van der Waals surface area (Å²) in [5.41, 5.74) is 0.441. The first-order valence-corrected chi connectivity index (χ1v) is 6.14. The van der Waals surface area contributed by atoms with Gasteiger partial charge in [-0.25, -0.2) is 4.39 Å². The summed E-state index contributed by atoms with van der Waals surface area (Å²) in [6, 6.07) is 8.67. The summed E-state index contributed by atoms with van der Waals surface area (Å²) < 4.78 is 12.8. The maximum atomic E-state index is 12.8. The highest BCUT2D eigenvalue weighted by molar-refractivity contribution is 5.45. The second-order valence-corrected chi connectivity index (χ2v) is 4.62. The first-order chi connectivity index (χ1) is 8.50. The number of hydrogen-bond donors (Lipinski definition) is 1. The molecule has 1 aromatic carbocycles. The highest BCUT2D eigenvalue weighted by atomic mass is 19.1. The van der Waals surface area contributed by atoms with E-state index in [-0.39, 0.29) is 5.82 Å². The highest BCUT2D eigenvalue weighted by Crippen LogP contribution is 2.16. The number of hydrogen-bond acceptors (Lipinski definition) is 3. The fraction of sp³-hybridized carbons (Fsp3) is 0.500. The minimum absolute atomic E-state index is 0.235. The van der Waals surface area contributed by atoms with E-state index in [0.29, 0.717) is 6.42 Å². The average molecular weight is 249 g/mol. The Morgan fingerprint density at radius 1 is 1.39 bits per heavy atom. The van der Waals surface area contributed by atoms with Crippen molar-refractivity contribution >= 4 is 5.69 Å². The van der Waals surface area contributed by atoms with Gasteiger partial charge < -0.3 is 4.90 Å². The molecular formula is C14H20FN3. The molecule has 0 aliphatic rings. The third kappa shape index (κ3) is 4.01. The van der Waals surface area contributed by atoms with Gasteiger partial charge in [0.2, 0.25) is 0 Å². The topological polar surface area (TPSA) is 39.1 Å². The van der Waals surface area contributed by atoms with Crippen LogP contribution >= 0.6 is 0 Å². The number of anilines is 1. The second kappa shape index (κ2) is 6.36. The molecule has 18 heavy (non-hydrogen) atoms. The van der Waals surface area contributed by atoms with Gasteiger partial charge in [-0.3, -0.25) is 5.32 Å². The van der Waals surface area contributed by atoms with Gasteiger partial charge in [-0.05, 0) is 44.2 Å². The van der Waals surface area contributed by atoms with E-state index in [1.807, 2.05) is 25.8 Å². The van der Waals surface area contributed by atoms with Crippen LogP contribution in [0.3, 0.4) is 0 Å². The maximum absolute atomic E-state index is 12.8. The van der Waals surface area contributed by atoms with E-state index in [1.165, 1.54) is 12.1 Å². The smallest absolute Gasteiger partial charge is 0.123 e. The average Bonchev–Trinajstić information content (AvgIpc) is 2.37. The molecule has 0 heterocycles. The molecule has 1 unspecified atom stereocenters. The summed E-state index contributed by atoms with van der Waals surface area (Å²) in [6.07, 6.45) is 0.714. The van der Waals surface area contributed by atoms with Crippen LogP contribution in [0.4, 0.5) is 10.1 Å². The van der Waals surface area contributed by atoms with Gasteiger partial charge in [0.1, 0.15) is 11.4 Å². The van der Waals surface area contributed by atoms with Crippen molar-refractivity contribution in [2.75, 3.05) is 25.0 Å². The number of rotatable bonds is 6. The summed E-state index contributed by atoms with van der Waals surface area (Å²) in [5, 5.41) is 12.3. The zero-order chi connectivity index (χ0) is 13.6. The fourth-order valence-corrected chi connectivity index (χ4v) is 1.79. The minimum Gasteiger partial charge on any atom is -0.374 e. The quantitative estimate of drug-likeness (QED) is 0.842. The van der Waals surface area contributed by atoms with Crippen LogP contribution < -0.4 is 10.2 Å². The Kier molecular flexibility index (Phi) is 5.11. The van der Waals surface area contributed by atoms with Crippen molar-refractivity contribution < 1.29 is 4.39 Å². The Balaban J connectivity index is 2.58. The van der Waals surface area contributed by atoms with Crippen LogP contribution in [0, 0.1) is 17.1 Å². The van der Waals surface area contributed by atoms with Crippen molar-refractivity contribution in [2.24, 2.45) is 0 Å². The lowest BCUT2D eigenvalue weighted by Gasteiger charge is -2.27. The predicted molar refractivity (Wildman–Crippen MR) is 72.0 cm³/mol. The first-order valence-electron chi connectivity index (χ1n) is 6.14. The standard InChI is InChI=1S/C14H20FN3/c1-4-17-14(2,11-16)9-10-18(3)13-7-5-12(15)6-8-13/h5-8,17H,4,9-10H2,1-3H3. The van der Waals surface area contributed by atoms with Crippen molar-refractivity contribution in [3.05, 3.63) is 30.1 Å². The number of nitriles is 1. The van der Waals surface area contributed by atoms with Crippen LogP contribution in [0.2, 0.25) is 0 Å². The Labute approximate surface area is 108 Å². The molecule has 0 amide bonds. The van der Waals surface area contributed by atoms with Gasteiger partial charge in [-0.15, -0.1) is 0 Å². The monoisotopic (exact) mass is 249 g/mol. The summed E-state index contributed by atoms with van der Waals surface area (Å²) in [7, 11) is 1.94.